The van der Waals surface area contributed by atoms with Crippen molar-refractivity contribution in [1.82, 2.24) is 20.3 Å². The van der Waals surface area contributed by atoms with Gasteiger partial charge in [0.05, 0.1) is 0 Å². The van der Waals surface area contributed by atoms with Crippen LogP contribution in [0.4, 0.5) is 17.8 Å². The quantitative estimate of drug-likeness (QED) is 0.0653. The topological polar surface area (TPSA) is 60.4 Å². The van der Waals surface area contributed by atoms with Crippen LogP contribution in [0.5, 0.6) is 0 Å². The molecule has 1 saturated heterocycles. The monoisotopic (exact) mass is 966 g/mol. The maximum absolute atomic E-state index is 5.29. The van der Waals surface area contributed by atoms with E-state index in [4.69, 9.17) is 15.0 Å². The van der Waals surface area contributed by atoms with Gasteiger partial charge < -0.3 is 20.0 Å². The second kappa shape index (κ2) is 49.9. The fraction of sp³-hybridized carbons (Fsp3) is 0.952. The van der Waals surface area contributed by atoms with E-state index in [9.17, 15) is 0 Å². The van der Waals surface area contributed by atoms with E-state index in [2.05, 4.69) is 47.8 Å². The van der Waals surface area contributed by atoms with Crippen molar-refractivity contribution in [2.75, 3.05) is 67.6 Å². The Labute approximate surface area is 432 Å². The minimum atomic E-state index is 0.874. The van der Waals surface area contributed by atoms with Crippen LogP contribution < -0.4 is 20.0 Å². The smallest absolute Gasteiger partial charge is 0.232 e. The first-order valence-electron chi connectivity index (χ1n) is 31.9. The van der Waals surface area contributed by atoms with E-state index in [1.165, 1.54) is 308 Å². The SMILES string of the molecule is CCCCCCCCCCCCCCCCCCN(C)c1nc(N(CCCCCCCCCCCCCCCCCC)CCCCCCCCCCCCCCCCCC)nc(N2CCNCC2)n1. The van der Waals surface area contributed by atoms with Crippen LogP contribution >= 0.6 is 0 Å². The summed E-state index contributed by atoms with van der Waals surface area (Å²) in [7, 11) is 2.22. The van der Waals surface area contributed by atoms with E-state index in [0.29, 0.717) is 0 Å². The molecule has 0 spiro atoms. The number of piperazine rings is 1. The van der Waals surface area contributed by atoms with Crippen molar-refractivity contribution in [2.24, 2.45) is 0 Å². The van der Waals surface area contributed by atoms with E-state index < -0.39 is 0 Å². The number of hydrogen-bond acceptors (Lipinski definition) is 7. The van der Waals surface area contributed by atoms with Crippen molar-refractivity contribution in [3.8, 4) is 0 Å². The molecule has 1 aliphatic rings. The predicted octanol–water partition coefficient (Wildman–Crippen LogP) is 19.3. The van der Waals surface area contributed by atoms with Gasteiger partial charge in [-0.25, -0.2) is 0 Å². The van der Waals surface area contributed by atoms with E-state index in [1.54, 1.807) is 0 Å². The zero-order chi connectivity index (χ0) is 49.2. The summed E-state index contributed by atoms with van der Waals surface area (Å²) in [4.78, 5) is 23.0. The van der Waals surface area contributed by atoms with E-state index in [0.717, 1.165) is 63.7 Å². The minimum Gasteiger partial charge on any atom is -0.344 e. The lowest BCUT2D eigenvalue weighted by Crippen LogP contribution is -2.44. The summed E-state index contributed by atoms with van der Waals surface area (Å²) in [5, 5.41) is 3.54. The van der Waals surface area contributed by atoms with Gasteiger partial charge in [-0.3, -0.25) is 0 Å². The van der Waals surface area contributed by atoms with Crippen molar-refractivity contribution < 1.29 is 0 Å². The van der Waals surface area contributed by atoms with Crippen LogP contribution in [0, 0.1) is 0 Å². The summed E-state index contributed by atoms with van der Waals surface area (Å²) >= 11 is 0. The molecule has 0 radical (unpaired) electrons. The van der Waals surface area contributed by atoms with E-state index in [1.807, 2.05) is 0 Å². The van der Waals surface area contributed by atoms with E-state index in [-0.39, 0.29) is 0 Å². The minimum absolute atomic E-state index is 0.874. The van der Waals surface area contributed by atoms with Gasteiger partial charge in [0.25, 0.3) is 0 Å². The zero-order valence-electron chi connectivity index (χ0n) is 47.6. The summed E-state index contributed by atoms with van der Waals surface area (Å²) in [5.74, 6) is 2.69. The lowest BCUT2D eigenvalue weighted by Gasteiger charge is -2.30. The van der Waals surface area contributed by atoms with Crippen LogP contribution in [-0.4, -0.2) is 67.8 Å². The largest absolute Gasteiger partial charge is 0.344 e. The predicted molar refractivity (Wildman–Crippen MR) is 309 cm³/mol. The van der Waals surface area contributed by atoms with Gasteiger partial charge in [0.1, 0.15) is 0 Å². The summed E-state index contributed by atoms with van der Waals surface area (Å²) in [5.41, 5.74) is 0. The van der Waals surface area contributed by atoms with Gasteiger partial charge in [-0.2, -0.15) is 15.0 Å². The first kappa shape index (κ1) is 63.5. The van der Waals surface area contributed by atoms with Gasteiger partial charge >= 0.3 is 0 Å². The van der Waals surface area contributed by atoms with Crippen molar-refractivity contribution in [3.05, 3.63) is 0 Å². The molecule has 1 N–H and O–H groups in total. The summed E-state index contributed by atoms with van der Waals surface area (Å²) < 4.78 is 0. The molecular formula is C62H123N7. The molecule has 1 aromatic heterocycles. The summed E-state index contributed by atoms with van der Waals surface area (Å²) in [6.07, 6.45) is 67.5. The lowest BCUT2D eigenvalue weighted by molar-refractivity contribution is 0.523. The molecule has 0 saturated carbocycles. The fourth-order valence-electron chi connectivity index (χ4n) is 10.7. The number of nitrogens with zero attached hydrogens (tertiary/aromatic N) is 6. The molecule has 2 rings (SSSR count). The Kier molecular flexibility index (Phi) is 45.9. The Morgan fingerprint density at radius 2 is 0.565 bits per heavy atom. The number of aromatic nitrogens is 3. The molecular weight excluding hydrogens is 843 g/mol. The van der Waals surface area contributed by atoms with Gasteiger partial charge in [0.15, 0.2) is 0 Å². The van der Waals surface area contributed by atoms with Crippen LogP contribution in [0.3, 0.4) is 0 Å². The molecule has 1 aliphatic heterocycles. The lowest BCUT2D eigenvalue weighted by atomic mass is 10.0. The highest BCUT2D eigenvalue weighted by Crippen LogP contribution is 2.23. The van der Waals surface area contributed by atoms with Crippen LogP contribution in [0.1, 0.15) is 329 Å². The average molecular weight is 967 g/mol. The molecule has 1 fully saturated rings. The first-order valence-corrected chi connectivity index (χ1v) is 31.9. The van der Waals surface area contributed by atoms with Crippen LogP contribution in [0.25, 0.3) is 0 Å². The van der Waals surface area contributed by atoms with Gasteiger partial charge in [-0.15, -0.1) is 0 Å². The Bertz CT molecular complexity index is 1140. The van der Waals surface area contributed by atoms with Gasteiger partial charge in [0, 0.05) is 52.9 Å². The Balaban J connectivity index is 1.82. The number of hydrogen-bond donors (Lipinski definition) is 1. The second-order valence-corrected chi connectivity index (χ2v) is 22.3. The standard InChI is InChI=1S/C62H123N7/c1-5-8-11-14-17-20-23-26-29-32-35-38-41-44-47-50-55-67(4)60-64-61(66-62(65-60)69-58-53-63-54-59-69)68(56-51-48-45-42-39-36-33-30-27-24-21-18-15-12-9-6-2)57-52-49-46-43-40-37-34-31-28-25-22-19-16-13-10-7-3/h63H,5-59H2,1-4H3. The molecule has 406 valence electrons. The van der Waals surface area contributed by atoms with Gasteiger partial charge in [-0.05, 0) is 19.3 Å². The maximum atomic E-state index is 5.29. The Morgan fingerprint density at radius 1 is 0.319 bits per heavy atom. The normalized spacial score (nSPS) is 13.0. The second-order valence-electron chi connectivity index (χ2n) is 22.3. The molecule has 0 atom stereocenters. The molecule has 2 heterocycles. The highest BCUT2D eigenvalue weighted by molar-refractivity contribution is 5.46. The molecule has 0 aromatic carbocycles. The molecule has 7 nitrogen and oxygen atoms in total. The zero-order valence-corrected chi connectivity index (χ0v) is 47.6. The number of unbranched alkanes of at least 4 members (excludes halogenated alkanes) is 45. The first-order chi connectivity index (χ1) is 34.2. The maximum Gasteiger partial charge on any atom is 0.232 e. The number of nitrogens with one attached hydrogen (secondary N) is 1. The van der Waals surface area contributed by atoms with Gasteiger partial charge in [-0.1, -0.05) is 310 Å². The highest BCUT2D eigenvalue weighted by Gasteiger charge is 2.20. The molecule has 69 heavy (non-hydrogen) atoms. The molecule has 1 aromatic rings. The molecule has 0 amide bonds. The third-order valence-electron chi connectivity index (χ3n) is 15.5. The van der Waals surface area contributed by atoms with E-state index >= 15 is 0 Å². The molecule has 0 unspecified atom stereocenters. The third-order valence-corrected chi connectivity index (χ3v) is 15.5. The van der Waals surface area contributed by atoms with Crippen molar-refractivity contribution in [1.29, 1.82) is 0 Å². The molecule has 0 bridgehead atoms. The number of rotatable bonds is 54. The molecule has 0 aliphatic carbocycles. The van der Waals surface area contributed by atoms with Crippen LogP contribution in [0.2, 0.25) is 0 Å². The van der Waals surface area contributed by atoms with Crippen LogP contribution in [0.15, 0.2) is 0 Å². The Morgan fingerprint density at radius 3 is 0.855 bits per heavy atom. The number of anilines is 3. The molecule has 7 heteroatoms. The van der Waals surface area contributed by atoms with Crippen molar-refractivity contribution in [3.63, 3.8) is 0 Å². The third kappa shape index (κ3) is 38.6. The van der Waals surface area contributed by atoms with Gasteiger partial charge in [0.2, 0.25) is 17.8 Å². The summed E-state index contributed by atoms with van der Waals surface area (Å²) in [6, 6.07) is 0. The summed E-state index contributed by atoms with van der Waals surface area (Å²) in [6.45, 7) is 14.0. The van der Waals surface area contributed by atoms with Crippen LogP contribution in [-0.2, 0) is 0 Å². The fourth-order valence-corrected chi connectivity index (χ4v) is 10.7. The van der Waals surface area contributed by atoms with Crippen molar-refractivity contribution >= 4 is 17.8 Å². The highest BCUT2D eigenvalue weighted by atomic mass is 15.4. The van der Waals surface area contributed by atoms with Crippen molar-refractivity contribution in [2.45, 2.75) is 329 Å². The Hall–Kier alpha value is -1.63. The average Bonchev–Trinajstić information content (AvgIpc) is 3.37.